The van der Waals surface area contributed by atoms with Crippen molar-refractivity contribution < 1.29 is 13.6 Å². The van der Waals surface area contributed by atoms with Gasteiger partial charge in [0.2, 0.25) is 0 Å². The minimum Gasteiger partial charge on any atom is -0.317 e. The number of halogens is 3. The van der Waals surface area contributed by atoms with Gasteiger partial charge in [-0.2, -0.15) is 0 Å². The molecule has 0 unspecified atom stereocenters. The highest BCUT2D eigenvalue weighted by Crippen LogP contribution is 2.20. The van der Waals surface area contributed by atoms with Gasteiger partial charge >= 0.3 is 0 Å². The van der Waals surface area contributed by atoms with Crippen molar-refractivity contribution in [1.82, 2.24) is 5.32 Å². The van der Waals surface area contributed by atoms with Crippen LogP contribution in [0.5, 0.6) is 0 Å². The molecule has 1 fully saturated rings. The van der Waals surface area contributed by atoms with Crippen molar-refractivity contribution in [1.29, 1.82) is 0 Å². The van der Waals surface area contributed by atoms with Gasteiger partial charge in [-0.05, 0) is 50.4 Å². The number of nitrogens with one attached hydrogen (secondary N) is 1. The second-order valence-corrected chi connectivity index (χ2v) is 4.78. The largest absolute Gasteiger partial charge is 0.317 e. The molecule has 0 aliphatic carbocycles. The van der Waals surface area contributed by atoms with Crippen LogP contribution in [0.25, 0.3) is 0 Å². The molecule has 106 valence electrons. The van der Waals surface area contributed by atoms with Crippen molar-refractivity contribution in [2.75, 3.05) is 13.1 Å². The van der Waals surface area contributed by atoms with E-state index in [1.807, 2.05) is 0 Å². The van der Waals surface area contributed by atoms with E-state index in [1.54, 1.807) is 0 Å². The van der Waals surface area contributed by atoms with E-state index in [2.05, 4.69) is 5.32 Å². The van der Waals surface area contributed by atoms with Gasteiger partial charge in [0.05, 0.1) is 5.56 Å². The molecule has 19 heavy (non-hydrogen) atoms. The fourth-order valence-corrected chi connectivity index (χ4v) is 2.36. The zero-order chi connectivity index (χ0) is 13.0. The fraction of sp³-hybridized carbons (Fsp3) is 0.500. The molecule has 0 radical (unpaired) electrons. The number of carbonyl (C=O) groups is 1. The van der Waals surface area contributed by atoms with Crippen LogP contribution in [-0.4, -0.2) is 18.9 Å². The van der Waals surface area contributed by atoms with E-state index in [4.69, 9.17) is 0 Å². The molecule has 1 saturated heterocycles. The first-order valence-electron chi connectivity index (χ1n) is 6.36. The summed E-state index contributed by atoms with van der Waals surface area (Å²) in [6.45, 7) is 1.98. The second-order valence-electron chi connectivity index (χ2n) is 4.78. The first kappa shape index (κ1) is 16.1. The van der Waals surface area contributed by atoms with Crippen molar-refractivity contribution in [3.8, 4) is 0 Å². The Bertz CT molecular complexity index is 433. The maximum absolute atomic E-state index is 13.4. The third kappa shape index (κ3) is 4.55. The lowest BCUT2D eigenvalue weighted by molar-refractivity contribution is 0.0967. The third-order valence-corrected chi connectivity index (χ3v) is 3.47. The zero-order valence-corrected chi connectivity index (χ0v) is 11.4. The Morgan fingerprint density at radius 3 is 2.58 bits per heavy atom. The molecule has 2 rings (SSSR count). The van der Waals surface area contributed by atoms with E-state index >= 15 is 0 Å². The summed E-state index contributed by atoms with van der Waals surface area (Å²) in [6, 6.07) is 3.12. The molecule has 0 atom stereocenters. The van der Waals surface area contributed by atoms with E-state index in [-0.39, 0.29) is 23.8 Å². The quantitative estimate of drug-likeness (QED) is 0.861. The van der Waals surface area contributed by atoms with Gasteiger partial charge in [-0.15, -0.1) is 12.4 Å². The fourth-order valence-electron chi connectivity index (χ4n) is 2.36. The highest BCUT2D eigenvalue weighted by Gasteiger charge is 2.17. The SMILES string of the molecule is Cl.O=C(CCC1CCNCC1)c1ccc(F)cc1F. The molecule has 1 aliphatic heterocycles. The van der Waals surface area contributed by atoms with Crippen LogP contribution in [0.3, 0.4) is 0 Å². The number of hydrogen-bond acceptors (Lipinski definition) is 2. The third-order valence-electron chi connectivity index (χ3n) is 3.47. The van der Waals surface area contributed by atoms with Crippen molar-refractivity contribution in [3.63, 3.8) is 0 Å². The van der Waals surface area contributed by atoms with Gasteiger partial charge in [-0.1, -0.05) is 0 Å². The smallest absolute Gasteiger partial charge is 0.165 e. The van der Waals surface area contributed by atoms with E-state index in [1.165, 1.54) is 6.07 Å². The molecule has 1 aromatic rings. The normalized spacial score (nSPS) is 15.9. The van der Waals surface area contributed by atoms with Gasteiger partial charge in [-0.3, -0.25) is 4.79 Å². The molecule has 1 aromatic carbocycles. The Balaban J connectivity index is 0.00000180. The first-order valence-corrected chi connectivity index (χ1v) is 6.36. The van der Waals surface area contributed by atoms with Gasteiger partial charge in [0.25, 0.3) is 0 Å². The molecular formula is C14H18ClF2NO. The molecular weight excluding hydrogens is 272 g/mol. The standard InChI is InChI=1S/C14H17F2NO.ClH/c15-11-2-3-12(13(16)9-11)14(18)4-1-10-5-7-17-8-6-10;/h2-3,9-10,17H,1,4-8H2;1H. The lowest BCUT2D eigenvalue weighted by atomic mass is 9.91. The van der Waals surface area contributed by atoms with E-state index in [0.29, 0.717) is 12.3 Å². The molecule has 1 heterocycles. The summed E-state index contributed by atoms with van der Waals surface area (Å²) in [4.78, 5) is 11.8. The first-order chi connectivity index (χ1) is 8.66. The summed E-state index contributed by atoms with van der Waals surface area (Å²) < 4.78 is 26.1. The van der Waals surface area contributed by atoms with E-state index in [0.717, 1.165) is 44.5 Å². The Morgan fingerprint density at radius 2 is 1.95 bits per heavy atom. The molecule has 0 spiro atoms. The molecule has 2 nitrogen and oxygen atoms in total. The predicted octanol–water partition coefficient (Wildman–Crippen LogP) is 3.35. The monoisotopic (exact) mass is 289 g/mol. The minimum atomic E-state index is -0.759. The lowest BCUT2D eigenvalue weighted by Gasteiger charge is -2.22. The number of rotatable bonds is 4. The molecule has 0 bridgehead atoms. The Morgan fingerprint density at radius 1 is 1.26 bits per heavy atom. The van der Waals surface area contributed by atoms with Crippen molar-refractivity contribution in [2.45, 2.75) is 25.7 Å². The summed E-state index contributed by atoms with van der Waals surface area (Å²) in [5.74, 6) is -1.10. The highest BCUT2D eigenvalue weighted by molar-refractivity contribution is 5.96. The lowest BCUT2D eigenvalue weighted by Crippen LogP contribution is -2.28. The topological polar surface area (TPSA) is 29.1 Å². The highest BCUT2D eigenvalue weighted by atomic mass is 35.5. The number of carbonyl (C=O) groups excluding carboxylic acids is 1. The Hall–Kier alpha value is -1.00. The summed E-state index contributed by atoms with van der Waals surface area (Å²) >= 11 is 0. The van der Waals surface area contributed by atoms with Crippen molar-refractivity contribution in [2.24, 2.45) is 5.92 Å². The van der Waals surface area contributed by atoms with Crippen LogP contribution in [-0.2, 0) is 0 Å². The van der Waals surface area contributed by atoms with Gasteiger partial charge in [0.15, 0.2) is 5.78 Å². The number of Topliss-reactive ketones (excluding diaryl/α,β-unsaturated/α-hetero) is 1. The average Bonchev–Trinajstić information content (AvgIpc) is 2.37. The van der Waals surface area contributed by atoms with Crippen molar-refractivity contribution >= 4 is 18.2 Å². The van der Waals surface area contributed by atoms with Crippen LogP contribution in [0.1, 0.15) is 36.0 Å². The number of piperidine rings is 1. The van der Waals surface area contributed by atoms with Crippen LogP contribution in [0, 0.1) is 17.6 Å². The predicted molar refractivity (Wildman–Crippen MR) is 72.8 cm³/mol. The molecule has 0 amide bonds. The van der Waals surface area contributed by atoms with Gasteiger partial charge in [-0.25, -0.2) is 8.78 Å². The summed E-state index contributed by atoms with van der Waals surface area (Å²) in [7, 11) is 0. The molecule has 1 aliphatic rings. The summed E-state index contributed by atoms with van der Waals surface area (Å²) in [5.41, 5.74) is 0.00494. The average molecular weight is 290 g/mol. The van der Waals surface area contributed by atoms with Crippen LogP contribution in [0.2, 0.25) is 0 Å². The zero-order valence-electron chi connectivity index (χ0n) is 10.6. The van der Waals surface area contributed by atoms with Gasteiger partial charge in [0, 0.05) is 12.5 Å². The Kier molecular flexibility index (Phi) is 6.38. The number of benzene rings is 1. The van der Waals surface area contributed by atoms with Crippen LogP contribution >= 0.6 is 12.4 Å². The van der Waals surface area contributed by atoms with Gasteiger partial charge < -0.3 is 5.32 Å². The van der Waals surface area contributed by atoms with Crippen LogP contribution in [0.15, 0.2) is 18.2 Å². The van der Waals surface area contributed by atoms with Crippen LogP contribution in [0.4, 0.5) is 8.78 Å². The minimum absolute atomic E-state index is 0. The Labute approximate surface area is 118 Å². The maximum atomic E-state index is 13.4. The molecule has 5 heteroatoms. The van der Waals surface area contributed by atoms with E-state index < -0.39 is 11.6 Å². The van der Waals surface area contributed by atoms with Crippen LogP contribution < -0.4 is 5.32 Å². The number of ketones is 1. The summed E-state index contributed by atoms with van der Waals surface area (Å²) in [5, 5.41) is 3.26. The number of hydrogen-bond donors (Lipinski definition) is 1. The molecule has 0 saturated carbocycles. The second kappa shape index (κ2) is 7.56. The maximum Gasteiger partial charge on any atom is 0.165 e. The van der Waals surface area contributed by atoms with E-state index in [9.17, 15) is 13.6 Å². The van der Waals surface area contributed by atoms with Gasteiger partial charge in [0.1, 0.15) is 11.6 Å². The summed E-state index contributed by atoms with van der Waals surface area (Å²) in [6.07, 6.45) is 3.27. The van der Waals surface area contributed by atoms with Crippen molar-refractivity contribution in [3.05, 3.63) is 35.4 Å². The molecule has 0 aromatic heterocycles. The molecule has 1 N–H and O–H groups in total.